The van der Waals surface area contributed by atoms with Gasteiger partial charge in [0.2, 0.25) is 0 Å². The Morgan fingerprint density at radius 1 is 0.295 bits per heavy atom. The van der Waals surface area contributed by atoms with Crippen LogP contribution in [0.3, 0.4) is 0 Å². The van der Waals surface area contributed by atoms with Crippen molar-refractivity contribution in [3.63, 3.8) is 0 Å². The van der Waals surface area contributed by atoms with E-state index in [0.717, 1.165) is 68.1 Å². The molecule has 14 aromatic carbocycles. The van der Waals surface area contributed by atoms with Crippen LogP contribution in [-0.2, 0) is 32.5 Å². The largest absolute Gasteiger partial charge is 0.456 e. The van der Waals surface area contributed by atoms with Gasteiger partial charge in [-0.2, -0.15) is 0 Å². The third-order valence-electron chi connectivity index (χ3n) is 33.7. The van der Waals surface area contributed by atoms with E-state index in [4.69, 9.17) is 8.83 Å². The molecule has 6 aliphatic heterocycles. The van der Waals surface area contributed by atoms with E-state index < -0.39 is 0 Å². The topological polar surface area (TPSA) is 49.1 Å². The molecule has 4 unspecified atom stereocenters. The SMILES string of the molecule is CC(C)(C)c1cc2c3c(c1)-n1c4c(cccc4c4sc5ccccc5c41)B3c1ccc(N3c4ccc(C(C)(C)C)cc4C4(C)CCCCC34C)cc1N2c1cccc2c1oc1ccccc12.CC(C)(C)c1cc2c3c(c1)-n1c4c(cccc4c4sc5ccccc5c41)B3c1ccc(N3c4ccc(C(C)(C)C)cc4C4(C)CCCCC34C)cc1N2c1cccc2oc3ccccc3c12. The summed E-state index contributed by atoms with van der Waals surface area (Å²) in [6.45, 7) is 38.7. The smallest absolute Gasteiger partial charge is 0.252 e. The average molecular weight is 1750 g/mol. The van der Waals surface area contributed by atoms with E-state index in [1.807, 2.05) is 22.7 Å². The van der Waals surface area contributed by atoms with Gasteiger partial charge in [-0.3, -0.25) is 0 Å². The van der Waals surface area contributed by atoms with Gasteiger partial charge in [-0.15, -0.1) is 22.7 Å². The molecule has 4 atom stereocenters. The van der Waals surface area contributed by atoms with Crippen LogP contribution in [0.15, 0.2) is 276 Å². The molecule has 12 heterocycles. The third-order valence-corrected chi connectivity index (χ3v) is 36.0. The molecule has 0 N–H and O–H groups in total. The van der Waals surface area contributed by atoms with Crippen molar-refractivity contribution in [2.24, 2.45) is 0 Å². The van der Waals surface area contributed by atoms with Crippen molar-refractivity contribution in [1.29, 1.82) is 0 Å². The van der Waals surface area contributed by atoms with Gasteiger partial charge in [0, 0.05) is 115 Å². The molecule has 0 bridgehead atoms. The van der Waals surface area contributed by atoms with Crippen LogP contribution >= 0.6 is 22.7 Å². The lowest BCUT2D eigenvalue weighted by atomic mass is 9.33. The highest BCUT2D eigenvalue weighted by molar-refractivity contribution is 7.27. The van der Waals surface area contributed by atoms with Crippen molar-refractivity contribution in [2.45, 2.75) is 206 Å². The lowest BCUT2D eigenvalue weighted by Crippen LogP contribution is -2.60. The molecule has 132 heavy (non-hydrogen) atoms. The first-order valence-corrected chi connectivity index (χ1v) is 50.0. The maximum Gasteiger partial charge on any atom is 0.252 e. The maximum absolute atomic E-state index is 7.01. The standard InChI is InChI=1S/2C60H54BN3OS/c1-57(2,3)35-25-28-45-42(31-35)59(7)29-13-14-30-60(59,8)64(45)37-26-27-43-47(34-37)62(46-22-16-19-39-38-17-9-11-23-50(38)65-55(39)46)48-32-36(58(4,5)6)33-49-52(48)61(43)44-21-15-20-41-53(44)63(49)54-40-18-10-12-24-51(40)66-56(41)54;1-57(2,3)35-25-28-44-41(31-35)59(7)29-13-14-30-60(59,8)64(44)37-26-27-42-46(34-37)62(45-21-16-23-50-52(45)38-17-9-11-22-49(38)65-50)47-32-36(58(4,5)6)33-48-53(47)61(42)43-20-15-19-40-54(43)63(48)55-39-18-10-12-24-51(39)66-56(40)55/h2*9-12,15-28,31-34H,13-14,29-30H2,1-8H3. The first-order chi connectivity index (χ1) is 63.5. The molecule has 2 aliphatic carbocycles. The number of benzene rings is 14. The number of thiophene rings is 2. The predicted octanol–water partition coefficient (Wildman–Crippen LogP) is 29.7. The van der Waals surface area contributed by atoms with Gasteiger partial charge in [-0.25, -0.2) is 0 Å². The minimum Gasteiger partial charge on any atom is -0.456 e. The zero-order valence-electron chi connectivity index (χ0n) is 78.5. The van der Waals surface area contributed by atoms with Crippen molar-refractivity contribution >= 4 is 232 Å². The quantitative estimate of drug-likeness (QED) is 0.164. The van der Waals surface area contributed by atoms with Gasteiger partial charge in [-0.1, -0.05) is 286 Å². The molecular weight excluding hydrogens is 1640 g/mol. The number of para-hydroxylation sites is 5. The maximum atomic E-state index is 7.01. The normalized spacial score (nSPS) is 19.9. The molecule has 28 rings (SSSR count). The molecule has 0 saturated heterocycles. The second kappa shape index (κ2) is 26.7. The van der Waals surface area contributed by atoms with E-state index >= 15 is 0 Å². The van der Waals surface area contributed by atoms with Crippen LogP contribution < -0.4 is 52.4 Å². The lowest BCUT2D eigenvalue weighted by Gasteiger charge is -2.50. The summed E-state index contributed by atoms with van der Waals surface area (Å²) in [5, 5.41) is 9.91. The molecule has 2 fully saturated rings. The molecule has 12 heteroatoms. The second-order valence-corrected chi connectivity index (χ2v) is 47.0. The molecule has 20 aromatic rings. The first-order valence-electron chi connectivity index (χ1n) is 48.4. The highest BCUT2D eigenvalue weighted by Crippen LogP contribution is 2.65. The Hall–Kier alpha value is -12.5. The number of fused-ring (bicyclic) bond motifs is 30. The van der Waals surface area contributed by atoms with Gasteiger partial charge in [0.05, 0.1) is 59.3 Å². The minimum atomic E-state index is -0.121. The number of hydrogen-bond acceptors (Lipinski definition) is 8. The van der Waals surface area contributed by atoms with Crippen molar-refractivity contribution in [3.05, 3.63) is 300 Å². The monoisotopic (exact) mass is 1750 g/mol. The van der Waals surface area contributed by atoms with Crippen LogP contribution in [0.5, 0.6) is 0 Å². The summed E-state index contributed by atoms with van der Waals surface area (Å²) in [5.41, 5.74) is 40.4. The van der Waals surface area contributed by atoms with E-state index in [2.05, 4.69) is 406 Å². The summed E-state index contributed by atoms with van der Waals surface area (Å²) in [5.74, 6) is 0. The third kappa shape index (κ3) is 10.4. The van der Waals surface area contributed by atoms with Crippen molar-refractivity contribution in [1.82, 2.24) is 9.13 Å². The Bertz CT molecular complexity index is 8500. The fourth-order valence-electron chi connectivity index (χ4n) is 26.5. The molecule has 8 nitrogen and oxygen atoms in total. The zero-order chi connectivity index (χ0) is 89.6. The summed E-state index contributed by atoms with van der Waals surface area (Å²) in [4.78, 5) is 10.8. The summed E-state index contributed by atoms with van der Waals surface area (Å²) >= 11 is 3.87. The number of anilines is 10. The van der Waals surface area contributed by atoms with Crippen molar-refractivity contribution in [3.8, 4) is 11.4 Å². The number of furan rings is 2. The van der Waals surface area contributed by atoms with E-state index in [1.165, 1.54) is 224 Å². The molecule has 8 aliphatic rings. The Balaban J connectivity index is 0.000000135. The molecule has 2 saturated carbocycles. The van der Waals surface area contributed by atoms with Crippen LogP contribution in [0.4, 0.5) is 56.9 Å². The zero-order valence-corrected chi connectivity index (χ0v) is 80.2. The van der Waals surface area contributed by atoms with Crippen LogP contribution in [0.1, 0.15) is 196 Å². The minimum absolute atomic E-state index is 0.0157. The number of nitrogens with zero attached hydrogens (tertiary/aromatic N) is 6. The summed E-state index contributed by atoms with van der Waals surface area (Å²) < 4.78 is 24.4. The van der Waals surface area contributed by atoms with Crippen LogP contribution in [0, 0.1) is 0 Å². The Kier molecular flexibility index (Phi) is 16.1. The van der Waals surface area contributed by atoms with Crippen LogP contribution in [-0.4, -0.2) is 33.6 Å². The second-order valence-electron chi connectivity index (χ2n) is 44.9. The van der Waals surface area contributed by atoms with Crippen LogP contribution in [0.25, 0.3) is 118 Å². The van der Waals surface area contributed by atoms with Gasteiger partial charge < -0.3 is 37.6 Å². The molecule has 0 spiro atoms. The summed E-state index contributed by atoms with van der Waals surface area (Å²) in [6.07, 6.45) is 9.67. The van der Waals surface area contributed by atoms with E-state index in [-0.39, 0.29) is 57.0 Å². The highest BCUT2D eigenvalue weighted by atomic mass is 32.1. The van der Waals surface area contributed by atoms with Gasteiger partial charge in [0.1, 0.15) is 16.7 Å². The highest BCUT2D eigenvalue weighted by Gasteiger charge is 2.61. The number of aromatic nitrogens is 2. The van der Waals surface area contributed by atoms with E-state index in [0.29, 0.717) is 0 Å². The van der Waals surface area contributed by atoms with Gasteiger partial charge in [0.25, 0.3) is 13.4 Å². The fraction of sp³-hybridized carbons (Fsp3) is 0.267. The van der Waals surface area contributed by atoms with Gasteiger partial charge in [0.15, 0.2) is 5.58 Å². The van der Waals surface area contributed by atoms with Gasteiger partial charge in [-0.05, 0) is 230 Å². The Labute approximate surface area is 781 Å². The number of hydrogen-bond donors (Lipinski definition) is 0. The molecule has 648 valence electrons. The fourth-order valence-corrected chi connectivity index (χ4v) is 28.9. The van der Waals surface area contributed by atoms with Crippen LogP contribution in [0.2, 0.25) is 0 Å². The summed E-state index contributed by atoms with van der Waals surface area (Å²) in [6, 6.07) is 103. The number of rotatable bonds is 4. The van der Waals surface area contributed by atoms with Gasteiger partial charge >= 0.3 is 0 Å². The lowest BCUT2D eigenvalue weighted by molar-refractivity contribution is 0.195. The first kappa shape index (κ1) is 79.3. The Morgan fingerprint density at radius 3 is 1.20 bits per heavy atom. The molecule has 0 radical (unpaired) electrons. The van der Waals surface area contributed by atoms with E-state index in [1.54, 1.807) is 0 Å². The molecular formula is C120H108B2N6O2S2. The summed E-state index contributed by atoms with van der Waals surface area (Å²) in [7, 11) is 0. The molecule has 6 aromatic heterocycles. The van der Waals surface area contributed by atoms with E-state index in [9.17, 15) is 0 Å². The Morgan fingerprint density at radius 2 is 0.697 bits per heavy atom. The molecule has 0 amide bonds. The van der Waals surface area contributed by atoms with Crippen molar-refractivity contribution in [2.75, 3.05) is 19.6 Å². The average Bonchev–Trinajstić information content (AvgIpc) is 1.43. The van der Waals surface area contributed by atoms with Crippen molar-refractivity contribution < 1.29 is 8.83 Å². The predicted molar refractivity (Wildman–Crippen MR) is 566 cm³/mol.